The fraction of sp³-hybridized carbons (Fsp3) is 0.810. The number of halogens is 2. The van der Waals surface area contributed by atoms with E-state index in [1.165, 1.54) is 6.92 Å². The van der Waals surface area contributed by atoms with E-state index in [-0.39, 0.29) is 18.4 Å². The van der Waals surface area contributed by atoms with Crippen LogP contribution in [0.2, 0.25) is 0 Å². The molecule has 1 saturated heterocycles. The van der Waals surface area contributed by atoms with Crippen molar-refractivity contribution in [2.45, 2.75) is 77.2 Å². The molecule has 1 aliphatic carbocycles. The number of ketones is 1. The van der Waals surface area contributed by atoms with Crippen LogP contribution >= 0.6 is 0 Å². The van der Waals surface area contributed by atoms with Gasteiger partial charge < -0.3 is 19.0 Å². The summed E-state index contributed by atoms with van der Waals surface area (Å²) < 4.78 is 41.9. The summed E-state index contributed by atoms with van der Waals surface area (Å²) in [6.07, 6.45) is 9.31. The van der Waals surface area contributed by atoms with Gasteiger partial charge in [-0.25, -0.2) is 0 Å². The molecule has 2 atom stereocenters. The Morgan fingerprint density at radius 2 is 1.82 bits per heavy atom. The van der Waals surface area contributed by atoms with E-state index in [9.17, 15) is 13.6 Å². The molecule has 0 radical (unpaired) electrons. The van der Waals surface area contributed by atoms with Gasteiger partial charge in [0.05, 0.1) is 6.10 Å². The highest BCUT2D eigenvalue weighted by Crippen LogP contribution is 2.29. The zero-order valence-corrected chi connectivity index (χ0v) is 17.5. The van der Waals surface area contributed by atoms with Crippen LogP contribution in [-0.4, -0.2) is 51.2 Å². The summed E-state index contributed by atoms with van der Waals surface area (Å²) in [4.78, 5) is 20.2. The first-order valence-corrected chi connectivity index (χ1v) is 10.1. The smallest absolute Gasteiger partial charge is 0.309 e. The van der Waals surface area contributed by atoms with Gasteiger partial charge in [0.1, 0.15) is 13.1 Å². The third-order valence-electron chi connectivity index (χ3n) is 4.48. The Morgan fingerprint density at radius 3 is 2.32 bits per heavy atom. The standard InChI is InChI=1S/C14H22F2O2.C5H10O2.C2H4O/c1-3-4-9-14(15,16)13(17)8-6-11-5-7-12(10-11)18-2;1-2-4-7-5-6-3-1;1-2-3/h6,8,11-12H,3-5,7,9-10H2,1-2H3;1-5H2;2H,1H3/b8-6+;;. The third-order valence-corrected chi connectivity index (χ3v) is 4.48. The van der Waals surface area contributed by atoms with Gasteiger partial charge in [-0.2, -0.15) is 8.78 Å². The number of allylic oxidation sites excluding steroid dienone is 2. The molecule has 0 N–H and O–H groups in total. The second kappa shape index (κ2) is 16.7. The van der Waals surface area contributed by atoms with Crippen LogP contribution in [0.1, 0.15) is 65.2 Å². The molecule has 0 aromatic carbocycles. The number of alkyl halides is 2. The summed E-state index contributed by atoms with van der Waals surface area (Å²) in [5.41, 5.74) is 0. The van der Waals surface area contributed by atoms with Gasteiger partial charge in [-0.15, -0.1) is 0 Å². The van der Waals surface area contributed by atoms with Crippen molar-refractivity contribution in [3.8, 4) is 0 Å². The van der Waals surface area contributed by atoms with Gasteiger partial charge in [-0.05, 0) is 57.4 Å². The number of methoxy groups -OCH3 is 1. The predicted octanol–water partition coefficient (Wildman–Crippen LogP) is 4.73. The van der Waals surface area contributed by atoms with Crippen LogP contribution in [0.5, 0.6) is 0 Å². The molecule has 1 heterocycles. The van der Waals surface area contributed by atoms with Crippen molar-refractivity contribution < 1.29 is 32.6 Å². The molecule has 0 amide bonds. The van der Waals surface area contributed by atoms with Crippen molar-refractivity contribution in [3.05, 3.63) is 12.2 Å². The van der Waals surface area contributed by atoms with Crippen LogP contribution in [0.25, 0.3) is 0 Å². The molecule has 164 valence electrons. The maximum absolute atomic E-state index is 13.4. The minimum absolute atomic E-state index is 0.195. The zero-order chi connectivity index (χ0) is 21.3. The molecule has 2 unspecified atom stereocenters. The molecule has 0 aromatic rings. The van der Waals surface area contributed by atoms with Crippen LogP contribution in [0, 0.1) is 5.92 Å². The number of aldehydes is 1. The van der Waals surface area contributed by atoms with E-state index in [0.29, 0.717) is 19.6 Å². The molecular formula is C21H36F2O5. The Hall–Kier alpha value is -1.18. The summed E-state index contributed by atoms with van der Waals surface area (Å²) in [5.74, 6) is -4.07. The number of rotatable bonds is 7. The number of hydrogen-bond donors (Lipinski definition) is 0. The van der Waals surface area contributed by atoms with E-state index in [0.717, 1.165) is 57.7 Å². The lowest BCUT2D eigenvalue weighted by Gasteiger charge is -2.12. The van der Waals surface area contributed by atoms with E-state index < -0.39 is 11.7 Å². The van der Waals surface area contributed by atoms with E-state index in [4.69, 9.17) is 19.0 Å². The van der Waals surface area contributed by atoms with Gasteiger partial charge in [0.25, 0.3) is 0 Å². The predicted molar refractivity (Wildman–Crippen MR) is 105 cm³/mol. The molecule has 1 aliphatic heterocycles. The van der Waals surface area contributed by atoms with Crippen molar-refractivity contribution in [3.63, 3.8) is 0 Å². The molecule has 2 fully saturated rings. The van der Waals surface area contributed by atoms with E-state index in [2.05, 4.69) is 0 Å². The molecule has 0 spiro atoms. The molecule has 7 heteroatoms. The molecule has 5 nitrogen and oxygen atoms in total. The van der Waals surface area contributed by atoms with Gasteiger partial charge in [-0.3, -0.25) is 4.79 Å². The Morgan fingerprint density at radius 1 is 1.21 bits per heavy atom. The average molecular weight is 407 g/mol. The number of hydrogen-bond acceptors (Lipinski definition) is 5. The molecule has 28 heavy (non-hydrogen) atoms. The molecule has 2 aliphatic rings. The van der Waals surface area contributed by atoms with Crippen LogP contribution in [0.3, 0.4) is 0 Å². The Balaban J connectivity index is 0.000000598. The highest BCUT2D eigenvalue weighted by Gasteiger charge is 2.35. The largest absolute Gasteiger partial charge is 0.381 e. The fourth-order valence-corrected chi connectivity index (χ4v) is 2.81. The van der Waals surface area contributed by atoms with Gasteiger partial charge in [-0.1, -0.05) is 19.4 Å². The first-order chi connectivity index (χ1) is 13.4. The van der Waals surface area contributed by atoms with Crippen molar-refractivity contribution in [2.75, 3.05) is 27.1 Å². The summed E-state index contributed by atoms with van der Waals surface area (Å²) in [5, 5.41) is 0. The fourth-order valence-electron chi connectivity index (χ4n) is 2.81. The SMILES string of the molecule is C1CCOCOC1.CC=O.CCCCC(F)(F)C(=O)/C=C/C1CCC(OC)C1. The van der Waals surface area contributed by atoms with Gasteiger partial charge in [0, 0.05) is 26.7 Å². The maximum atomic E-state index is 13.4. The first kappa shape index (κ1) is 26.8. The van der Waals surface area contributed by atoms with Crippen LogP contribution < -0.4 is 0 Å². The maximum Gasteiger partial charge on any atom is 0.309 e. The minimum Gasteiger partial charge on any atom is -0.381 e. The van der Waals surface area contributed by atoms with E-state index in [1.54, 1.807) is 13.2 Å². The lowest BCUT2D eigenvalue weighted by molar-refractivity contribution is -0.138. The highest BCUT2D eigenvalue weighted by molar-refractivity contribution is 5.95. The molecule has 0 bridgehead atoms. The van der Waals surface area contributed by atoms with Gasteiger partial charge in [0.15, 0.2) is 0 Å². The van der Waals surface area contributed by atoms with Crippen LogP contribution in [-0.2, 0) is 23.8 Å². The van der Waals surface area contributed by atoms with Crippen LogP contribution in [0.4, 0.5) is 8.78 Å². The number of ether oxygens (including phenoxy) is 3. The van der Waals surface area contributed by atoms with E-state index >= 15 is 0 Å². The molecule has 2 rings (SSSR count). The topological polar surface area (TPSA) is 61.8 Å². The lowest BCUT2D eigenvalue weighted by Crippen LogP contribution is -2.26. The van der Waals surface area contributed by atoms with Crippen molar-refractivity contribution in [1.82, 2.24) is 0 Å². The third kappa shape index (κ3) is 13.1. The monoisotopic (exact) mass is 406 g/mol. The Bertz CT molecular complexity index is 421. The summed E-state index contributed by atoms with van der Waals surface area (Å²) in [7, 11) is 1.65. The zero-order valence-electron chi connectivity index (χ0n) is 17.5. The normalized spacial score (nSPS) is 22.5. The number of carbonyl (C=O) groups excluding carboxylic acids is 2. The van der Waals surface area contributed by atoms with Crippen LogP contribution in [0.15, 0.2) is 12.2 Å². The highest BCUT2D eigenvalue weighted by atomic mass is 19.3. The first-order valence-electron chi connectivity index (χ1n) is 10.1. The molecular weight excluding hydrogens is 370 g/mol. The average Bonchev–Trinajstić information content (AvgIpc) is 2.93. The Kier molecular flexibility index (Phi) is 16.0. The molecule has 1 saturated carbocycles. The van der Waals surface area contributed by atoms with E-state index in [1.807, 2.05) is 6.92 Å². The summed E-state index contributed by atoms with van der Waals surface area (Å²) in [6, 6.07) is 0. The van der Waals surface area contributed by atoms with Gasteiger partial charge >= 0.3 is 5.92 Å². The summed E-state index contributed by atoms with van der Waals surface area (Å²) >= 11 is 0. The lowest BCUT2D eigenvalue weighted by atomic mass is 10.0. The second-order valence-corrected chi connectivity index (χ2v) is 6.84. The Labute approximate surface area is 167 Å². The minimum atomic E-state index is -3.20. The van der Waals surface area contributed by atoms with Crippen molar-refractivity contribution in [2.24, 2.45) is 5.92 Å². The van der Waals surface area contributed by atoms with Crippen molar-refractivity contribution >= 4 is 12.1 Å². The number of unbranched alkanes of at least 4 members (excludes halogenated alkanes) is 1. The quantitative estimate of drug-likeness (QED) is 0.452. The molecule has 0 aromatic heterocycles. The second-order valence-electron chi connectivity index (χ2n) is 6.84. The van der Waals surface area contributed by atoms with Gasteiger partial charge in [0.2, 0.25) is 5.78 Å². The van der Waals surface area contributed by atoms with Crippen molar-refractivity contribution in [1.29, 1.82) is 0 Å². The number of carbonyl (C=O) groups is 2. The summed E-state index contributed by atoms with van der Waals surface area (Å²) in [6.45, 7) is 5.53.